The summed E-state index contributed by atoms with van der Waals surface area (Å²) in [5, 5.41) is 0. The second-order valence-electron chi connectivity index (χ2n) is 4.02. The minimum atomic E-state index is -1.02. The molecule has 0 aliphatic carbocycles. The molecule has 74 valence electrons. The first-order valence-corrected chi connectivity index (χ1v) is 8.29. The maximum atomic E-state index is 3.59. The predicted molar refractivity (Wildman–Crippen MR) is 60.1 cm³/mol. The molecule has 0 aromatic carbocycles. The summed E-state index contributed by atoms with van der Waals surface area (Å²) in [5.41, 5.74) is 0. The van der Waals surface area contributed by atoms with Crippen molar-refractivity contribution < 1.29 is 0 Å². The molecule has 0 radical (unpaired) electrons. The Balaban J connectivity index is 3.70. The lowest BCUT2D eigenvalue weighted by molar-refractivity contribution is 0.809. The highest BCUT2D eigenvalue weighted by Gasteiger charge is 2.23. The van der Waals surface area contributed by atoms with Crippen LogP contribution in [0.5, 0.6) is 0 Å². The van der Waals surface area contributed by atoms with E-state index in [1.165, 1.54) is 37.8 Å². The van der Waals surface area contributed by atoms with Crippen molar-refractivity contribution in [2.45, 2.75) is 58.2 Å². The van der Waals surface area contributed by atoms with Crippen LogP contribution in [0, 0.1) is 0 Å². The maximum Gasteiger partial charge on any atom is 0.122 e. The van der Waals surface area contributed by atoms with Gasteiger partial charge in [0.15, 0.2) is 0 Å². The van der Waals surface area contributed by atoms with E-state index >= 15 is 0 Å². The van der Waals surface area contributed by atoms with Crippen molar-refractivity contribution in [1.82, 2.24) is 4.98 Å². The summed E-state index contributed by atoms with van der Waals surface area (Å²) in [4.78, 5) is 3.59. The Labute approximate surface area is 79.0 Å². The van der Waals surface area contributed by atoms with Crippen LogP contribution < -0.4 is 4.98 Å². The van der Waals surface area contributed by atoms with Crippen LogP contribution in [0.15, 0.2) is 0 Å². The van der Waals surface area contributed by atoms with Crippen LogP contribution in [0.25, 0.3) is 0 Å². The molecule has 0 aliphatic heterocycles. The summed E-state index contributed by atoms with van der Waals surface area (Å²) in [5.74, 6) is 0. The Kier molecular flexibility index (Phi) is 6.77. The molecule has 1 N–H and O–H groups in total. The third kappa shape index (κ3) is 4.94. The van der Waals surface area contributed by atoms with Crippen molar-refractivity contribution in [3.05, 3.63) is 0 Å². The molecule has 0 spiro atoms. The van der Waals surface area contributed by atoms with Gasteiger partial charge in [0.1, 0.15) is 8.24 Å². The summed E-state index contributed by atoms with van der Waals surface area (Å²) >= 11 is 0. The molecule has 0 atom stereocenters. The molecule has 2 heteroatoms. The molecule has 0 aromatic rings. The van der Waals surface area contributed by atoms with Crippen molar-refractivity contribution >= 4 is 8.24 Å². The number of unbranched alkanes of at least 4 members (excludes halogenated alkanes) is 2. The molecule has 12 heavy (non-hydrogen) atoms. The van der Waals surface area contributed by atoms with Gasteiger partial charge in [0.25, 0.3) is 0 Å². The van der Waals surface area contributed by atoms with Gasteiger partial charge in [0.2, 0.25) is 0 Å². The zero-order valence-electron chi connectivity index (χ0n) is 9.24. The first-order valence-electron chi connectivity index (χ1n) is 5.37. The number of nitrogens with one attached hydrogen (secondary N) is 1. The van der Waals surface area contributed by atoms with Crippen molar-refractivity contribution in [2.24, 2.45) is 0 Å². The average molecular weight is 187 g/mol. The highest BCUT2D eigenvalue weighted by molar-refractivity contribution is 6.76. The fourth-order valence-corrected chi connectivity index (χ4v) is 4.53. The molecule has 0 fully saturated rings. The lowest BCUT2D eigenvalue weighted by Gasteiger charge is -2.26. The molecular weight excluding hydrogens is 162 g/mol. The normalized spacial score (nSPS) is 12.0. The second-order valence-corrected chi connectivity index (χ2v) is 8.64. The number of rotatable bonds is 7. The third-order valence-electron chi connectivity index (χ3n) is 2.77. The van der Waals surface area contributed by atoms with Crippen LogP contribution >= 0.6 is 0 Å². The Hall–Kier alpha value is 0.177. The van der Waals surface area contributed by atoms with Crippen LogP contribution in [0.1, 0.15) is 39.5 Å². The van der Waals surface area contributed by atoms with Gasteiger partial charge in [-0.15, -0.1) is 0 Å². The maximum absolute atomic E-state index is 3.59. The quantitative estimate of drug-likeness (QED) is 0.603. The van der Waals surface area contributed by atoms with Gasteiger partial charge in [-0.05, 0) is 19.1 Å². The van der Waals surface area contributed by atoms with E-state index in [0.29, 0.717) is 0 Å². The third-order valence-corrected chi connectivity index (χ3v) is 6.89. The van der Waals surface area contributed by atoms with Crippen LogP contribution in [-0.2, 0) is 0 Å². The van der Waals surface area contributed by atoms with Gasteiger partial charge < -0.3 is 4.98 Å². The fraction of sp³-hybridized carbons (Fsp3) is 1.00. The van der Waals surface area contributed by atoms with E-state index in [4.69, 9.17) is 0 Å². The Morgan fingerprint density at radius 2 is 1.42 bits per heavy atom. The van der Waals surface area contributed by atoms with Crippen molar-refractivity contribution in [3.8, 4) is 0 Å². The molecule has 0 amide bonds. The zero-order valence-corrected chi connectivity index (χ0v) is 10.2. The Morgan fingerprint density at radius 1 is 1.00 bits per heavy atom. The summed E-state index contributed by atoms with van der Waals surface area (Å²) in [7, 11) is 1.14. The molecule has 0 aromatic heterocycles. The van der Waals surface area contributed by atoms with Gasteiger partial charge in [0, 0.05) is 0 Å². The molecule has 0 rings (SSSR count). The van der Waals surface area contributed by atoms with Gasteiger partial charge in [-0.2, -0.15) is 0 Å². The number of hydrogen-bond acceptors (Lipinski definition) is 1. The molecule has 0 aliphatic rings. The largest absolute Gasteiger partial charge is 0.340 e. The van der Waals surface area contributed by atoms with Gasteiger partial charge in [-0.3, -0.25) is 0 Å². The predicted octanol–water partition coefficient (Wildman–Crippen LogP) is 3.38. The van der Waals surface area contributed by atoms with E-state index in [0.717, 1.165) is 0 Å². The summed E-state index contributed by atoms with van der Waals surface area (Å²) in [6.45, 7) is 7.05. The summed E-state index contributed by atoms with van der Waals surface area (Å²) < 4.78 is 0. The van der Waals surface area contributed by atoms with E-state index in [-0.39, 0.29) is 0 Å². The number of hydrogen-bond donors (Lipinski definition) is 1. The van der Waals surface area contributed by atoms with Crippen molar-refractivity contribution in [3.63, 3.8) is 0 Å². The topological polar surface area (TPSA) is 12.0 Å². The van der Waals surface area contributed by atoms with E-state index in [1.54, 1.807) is 0 Å². The van der Waals surface area contributed by atoms with E-state index < -0.39 is 8.24 Å². The molecule has 0 saturated carbocycles. The van der Waals surface area contributed by atoms with Crippen LogP contribution in [0.2, 0.25) is 18.6 Å². The van der Waals surface area contributed by atoms with Crippen molar-refractivity contribution in [1.29, 1.82) is 0 Å². The first kappa shape index (κ1) is 12.2. The highest BCUT2D eigenvalue weighted by Crippen LogP contribution is 2.18. The van der Waals surface area contributed by atoms with Crippen LogP contribution in [-0.4, -0.2) is 15.3 Å². The molecular formula is C10H25NSi. The van der Waals surface area contributed by atoms with E-state index in [2.05, 4.69) is 32.4 Å². The van der Waals surface area contributed by atoms with Gasteiger partial charge in [-0.25, -0.2) is 0 Å². The minimum absolute atomic E-state index is 1.02. The zero-order chi connectivity index (χ0) is 9.45. The minimum Gasteiger partial charge on any atom is -0.340 e. The lowest BCUT2D eigenvalue weighted by atomic mass is 10.4. The SMILES string of the molecule is CCCC[Si](C)(CCCC)NC. The fourth-order valence-electron chi connectivity index (χ4n) is 1.51. The highest BCUT2D eigenvalue weighted by atomic mass is 28.3. The monoisotopic (exact) mass is 187 g/mol. The smallest absolute Gasteiger partial charge is 0.122 e. The molecule has 0 bridgehead atoms. The van der Waals surface area contributed by atoms with E-state index in [1.807, 2.05) is 0 Å². The molecule has 0 heterocycles. The molecule has 0 unspecified atom stereocenters. The molecule has 0 saturated heterocycles. The Bertz CT molecular complexity index is 96.0. The van der Waals surface area contributed by atoms with Gasteiger partial charge in [-0.1, -0.05) is 46.1 Å². The van der Waals surface area contributed by atoms with E-state index in [9.17, 15) is 0 Å². The summed E-state index contributed by atoms with van der Waals surface area (Å²) in [6, 6.07) is 2.92. The van der Waals surface area contributed by atoms with Crippen molar-refractivity contribution in [2.75, 3.05) is 7.05 Å². The van der Waals surface area contributed by atoms with Gasteiger partial charge >= 0.3 is 0 Å². The molecule has 1 nitrogen and oxygen atoms in total. The van der Waals surface area contributed by atoms with Crippen LogP contribution in [0.3, 0.4) is 0 Å². The summed E-state index contributed by atoms with van der Waals surface area (Å²) in [6.07, 6.45) is 5.51. The second kappa shape index (κ2) is 6.67. The Morgan fingerprint density at radius 3 is 1.67 bits per heavy atom. The standard InChI is InChI=1S/C10H25NSi/c1-5-7-9-12(4,11-3)10-8-6-2/h11H,5-10H2,1-4H3. The average Bonchev–Trinajstić information content (AvgIpc) is 2.11. The van der Waals surface area contributed by atoms with Crippen LogP contribution in [0.4, 0.5) is 0 Å². The first-order chi connectivity index (χ1) is 5.68. The lowest BCUT2D eigenvalue weighted by Crippen LogP contribution is -2.44. The van der Waals surface area contributed by atoms with Gasteiger partial charge in [0.05, 0.1) is 0 Å².